The number of para-hydroxylation sites is 1. The zero-order valence-corrected chi connectivity index (χ0v) is 18.1. The third kappa shape index (κ3) is 5.21. The Labute approximate surface area is 182 Å². The minimum atomic E-state index is -1.07. The van der Waals surface area contributed by atoms with E-state index in [1.54, 1.807) is 26.2 Å². The minimum absolute atomic E-state index is 0.198. The lowest BCUT2D eigenvalue weighted by Gasteiger charge is -2.26. The topological polar surface area (TPSA) is 81.5 Å². The molecule has 1 saturated heterocycles. The van der Waals surface area contributed by atoms with Gasteiger partial charge in [0.1, 0.15) is 0 Å². The molecule has 164 valence electrons. The first kappa shape index (κ1) is 21.3. The standard InChI is InChI=1S/C23H29N5O3/c1-23(2,22(29)25-17-18-7-9-24-10-8-18)31-21-19-5-3-4-6-20(19)28(26-21)12-11-27-13-15-30-16-14-27/h3-10H,11-17H2,1-2H3,(H,25,29). The minimum Gasteiger partial charge on any atom is -0.460 e. The van der Waals surface area contributed by atoms with E-state index in [9.17, 15) is 4.79 Å². The van der Waals surface area contributed by atoms with Gasteiger partial charge in [0.15, 0.2) is 5.60 Å². The maximum Gasteiger partial charge on any atom is 0.263 e. The van der Waals surface area contributed by atoms with Gasteiger partial charge in [-0.2, -0.15) is 0 Å². The number of rotatable bonds is 8. The second-order valence-corrected chi connectivity index (χ2v) is 8.15. The Morgan fingerprint density at radius 3 is 2.65 bits per heavy atom. The van der Waals surface area contributed by atoms with Crippen molar-refractivity contribution in [3.63, 3.8) is 0 Å². The van der Waals surface area contributed by atoms with Gasteiger partial charge < -0.3 is 14.8 Å². The van der Waals surface area contributed by atoms with E-state index in [0.29, 0.717) is 12.4 Å². The van der Waals surface area contributed by atoms with Gasteiger partial charge in [0, 0.05) is 38.6 Å². The zero-order valence-electron chi connectivity index (χ0n) is 18.1. The molecule has 1 aromatic carbocycles. The van der Waals surface area contributed by atoms with Crippen LogP contribution in [0.25, 0.3) is 10.9 Å². The van der Waals surface area contributed by atoms with Gasteiger partial charge in [0.2, 0.25) is 5.88 Å². The number of nitrogens with zero attached hydrogens (tertiary/aromatic N) is 4. The van der Waals surface area contributed by atoms with Crippen LogP contribution in [0.5, 0.6) is 5.88 Å². The normalized spacial score (nSPS) is 15.2. The highest BCUT2D eigenvalue weighted by Crippen LogP contribution is 2.28. The summed E-state index contributed by atoms with van der Waals surface area (Å²) < 4.78 is 13.5. The van der Waals surface area contributed by atoms with Crippen LogP contribution < -0.4 is 10.1 Å². The van der Waals surface area contributed by atoms with Gasteiger partial charge in [-0.1, -0.05) is 12.1 Å². The van der Waals surface area contributed by atoms with Gasteiger partial charge in [-0.3, -0.25) is 19.4 Å². The second-order valence-electron chi connectivity index (χ2n) is 8.15. The molecule has 1 aliphatic rings. The Balaban J connectivity index is 1.45. The summed E-state index contributed by atoms with van der Waals surface area (Å²) in [5.41, 5.74) is 0.912. The molecule has 0 saturated carbocycles. The molecular formula is C23H29N5O3. The van der Waals surface area contributed by atoms with E-state index >= 15 is 0 Å². The summed E-state index contributed by atoms with van der Waals surface area (Å²) in [6, 6.07) is 11.7. The van der Waals surface area contributed by atoms with Crippen LogP contribution in [0.15, 0.2) is 48.8 Å². The highest BCUT2D eigenvalue weighted by Gasteiger charge is 2.31. The smallest absolute Gasteiger partial charge is 0.263 e. The van der Waals surface area contributed by atoms with Crippen molar-refractivity contribution in [3.05, 3.63) is 54.4 Å². The Morgan fingerprint density at radius 2 is 1.87 bits per heavy atom. The Bertz CT molecular complexity index is 1010. The van der Waals surface area contributed by atoms with Crippen molar-refractivity contribution < 1.29 is 14.3 Å². The summed E-state index contributed by atoms with van der Waals surface area (Å²) >= 11 is 0. The predicted molar refractivity (Wildman–Crippen MR) is 118 cm³/mol. The van der Waals surface area contributed by atoms with Gasteiger partial charge in [-0.05, 0) is 43.7 Å². The van der Waals surface area contributed by atoms with Crippen molar-refractivity contribution in [2.24, 2.45) is 0 Å². The molecule has 1 aliphatic heterocycles. The lowest BCUT2D eigenvalue weighted by Crippen LogP contribution is -2.46. The number of morpholine rings is 1. The molecule has 0 radical (unpaired) electrons. The number of carbonyl (C=O) groups excluding carboxylic acids is 1. The largest absolute Gasteiger partial charge is 0.460 e. The third-order valence-electron chi connectivity index (χ3n) is 5.46. The molecule has 8 heteroatoms. The lowest BCUT2D eigenvalue weighted by atomic mass is 10.1. The Hall–Kier alpha value is -2.97. The van der Waals surface area contributed by atoms with Gasteiger partial charge in [-0.25, -0.2) is 0 Å². The predicted octanol–water partition coefficient (Wildman–Crippen LogP) is 2.24. The van der Waals surface area contributed by atoms with Gasteiger partial charge >= 0.3 is 0 Å². The van der Waals surface area contributed by atoms with Crippen LogP contribution in [0.4, 0.5) is 0 Å². The first-order chi connectivity index (χ1) is 15.0. The molecule has 8 nitrogen and oxygen atoms in total. The highest BCUT2D eigenvalue weighted by molar-refractivity contribution is 5.87. The molecule has 1 fully saturated rings. The Kier molecular flexibility index (Phi) is 6.48. The number of hydrogen-bond acceptors (Lipinski definition) is 6. The first-order valence-electron chi connectivity index (χ1n) is 10.6. The van der Waals surface area contributed by atoms with E-state index in [1.807, 2.05) is 41.1 Å². The molecule has 0 unspecified atom stereocenters. The molecule has 2 aromatic heterocycles. The van der Waals surface area contributed by atoms with Crippen LogP contribution in [0.3, 0.4) is 0 Å². The summed E-state index contributed by atoms with van der Waals surface area (Å²) in [4.78, 5) is 19.2. The average molecular weight is 424 g/mol. The van der Waals surface area contributed by atoms with E-state index in [-0.39, 0.29) is 5.91 Å². The lowest BCUT2D eigenvalue weighted by molar-refractivity contribution is -0.134. The van der Waals surface area contributed by atoms with E-state index < -0.39 is 5.60 Å². The zero-order chi connectivity index (χ0) is 21.7. The number of ether oxygens (including phenoxy) is 2. The molecule has 0 spiro atoms. The number of hydrogen-bond donors (Lipinski definition) is 1. The summed E-state index contributed by atoms with van der Waals surface area (Å²) in [6.07, 6.45) is 3.41. The second kappa shape index (κ2) is 9.45. The molecule has 0 bridgehead atoms. The molecule has 4 rings (SSSR count). The van der Waals surface area contributed by atoms with E-state index in [1.165, 1.54) is 0 Å². The van der Waals surface area contributed by atoms with Gasteiger partial charge in [0.25, 0.3) is 5.91 Å². The Morgan fingerprint density at radius 1 is 1.13 bits per heavy atom. The van der Waals surface area contributed by atoms with Crippen LogP contribution >= 0.6 is 0 Å². The fraction of sp³-hybridized carbons (Fsp3) is 0.435. The number of nitrogens with one attached hydrogen (secondary N) is 1. The van der Waals surface area contributed by atoms with Crippen LogP contribution in [-0.2, 0) is 22.6 Å². The SMILES string of the molecule is CC(C)(Oc1nn(CCN2CCOCC2)c2ccccc12)C(=O)NCc1ccncc1. The van der Waals surface area contributed by atoms with E-state index in [4.69, 9.17) is 14.6 Å². The van der Waals surface area contributed by atoms with Crippen LogP contribution in [0.1, 0.15) is 19.4 Å². The number of amides is 1. The maximum absolute atomic E-state index is 12.8. The number of benzene rings is 1. The van der Waals surface area contributed by atoms with Crippen molar-refractivity contribution in [2.45, 2.75) is 32.5 Å². The van der Waals surface area contributed by atoms with Crippen LogP contribution in [0, 0.1) is 0 Å². The molecule has 1 N–H and O–H groups in total. The third-order valence-corrected chi connectivity index (χ3v) is 5.46. The summed E-state index contributed by atoms with van der Waals surface area (Å²) in [6.45, 7) is 9.01. The van der Waals surface area contributed by atoms with Crippen molar-refractivity contribution in [1.82, 2.24) is 25.0 Å². The maximum atomic E-state index is 12.8. The van der Waals surface area contributed by atoms with E-state index in [0.717, 1.165) is 55.9 Å². The molecule has 0 atom stereocenters. The summed E-state index contributed by atoms with van der Waals surface area (Å²) in [5.74, 6) is 0.276. The molecular weight excluding hydrogens is 394 g/mol. The quantitative estimate of drug-likeness (QED) is 0.599. The number of fused-ring (bicyclic) bond motifs is 1. The highest BCUT2D eigenvalue weighted by atomic mass is 16.5. The van der Waals surface area contributed by atoms with Crippen molar-refractivity contribution in [1.29, 1.82) is 0 Å². The first-order valence-corrected chi connectivity index (χ1v) is 10.6. The van der Waals surface area contributed by atoms with Crippen molar-refractivity contribution in [3.8, 4) is 5.88 Å². The molecule has 1 amide bonds. The molecule has 0 aliphatic carbocycles. The number of pyridine rings is 1. The van der Waals surface area contributed by atoms with E-state index in [2.05, 4.69) is 15.2 Å². The van der Waals surface area contributed by atoms with Crippen LogP contribution in [-0.4, -0.2) is 64.0 Å². The molecule has 3 aromatic rings. The summed E-state index contributed by atoms with van der Waals surface area (Å²) in [5, 5.41) is 8.55. The molecule has 31 heavy (non-hydrogen) atoms. The van der Waals surface area contributed by atoms with Gasteiger partial charge in [-0.15, -0.1) is 5.10 Å². The van der Waals surface area contributed by atoms with Crippen molar-refractivity contribution in [2.75, 3.05) is 32.8 Å². The fourth-order valence-corrected chi connectivity index (χ4v) is 3.59. The monoisotopic (exact) mass is 423 g/mol. The number of carbonyl (C=O) groups is 1. The van der Waals surface area contributed by atoms with Crippen molar-refractivity contribution >= 4 is 16.8 Å². The van der Waals surface area contributed by atoms with Gasteiger partial charge in [0.05, 0.1) is 30.7 Å². The fourth-order valence-electron chi connectivity index (χ4n) is 3.59. The van der Waals surface area contributed by atoms with Crippen LogP contribution in [0.2, 0.25) is 0 Å². The molecule has 3 heterocycles. The average Bonchev–Trinajstić information content (AvgIpc) is 3.14. The summed E-state index contributed by atoms with van der Waals surface area (Å²) in [7, 11) is 0. The number of aromatic nitrogens is 3.